The van der Waals surface area contributed by atoms with Gasteiger partial charge in [-0.3, -0.25) is 0 Å². The Kier molecular flexibility index (Phi) is 5.15. The molecule has 14 heavy (non-hydrogen) atoms. The zero-order chi connectivity index (χ0) is 10.4. The summed E-state index contributed by atoms with van der Waals surface area (Å²) in [4.78, 5) is 0. The van der Waals surface area contributed by atoms with E-state index in [9.17, 15) is 0 Å². The standard InChI is InChI=1S/C11H16BrNO/c1-9(8-14-2)13-7-10-3-5-11(12)6-4-10/h3-6,9,13H,7-8H2,1-2H3/p+1/t9-/m0/s1. The number of quaternary nitrogens is 1. The molecule has 0 spiro atoms. The Balaban J connectivity index is 2.34. The van der Waals surface area contributed by atoms with Crippen LogP contribution in [0.2, 0.25) is 0 Å². The van der Waals surface area contributed by atoms with Crippen molar-refractivity contribution in [1.82, 2.24) is 0 Å². The molecule has 0 fully saturated rings. The molecule has 0 amide bonds. The molecule has 0 radical (unpaired) electrons. The van der Waals surface area contributed by atoms with E-state index >= 15 is 0 Å². The van der Waals surface area contributed by atoms with Crippen LogP contribution in [0.15, 0.2) is 28.7 Å². The summed E-state index contributed by atoms with van der Waals surface area (Å²) in [7, 11) is 1.74. The molecular formula is C11H17BrNO+. The van der Waals surface area contributed by atoms with E-state index < -0.39 is 0 Å². The summed E-state index contributed by atoms with van der Waals surface area (Å²) in [6, 6.07) is 8.94. The Hall–Kier alpha value is -0.380. The van der Waals surface area contributed by atoms with Crippen molar-refractivity contribution in [1.29, 1.82) is 0 Å². The van der Waals surface area contributed by atoms with E-state index in [-0.39, 0.29) is 0 Å². The fourth-order valence-electron chi connectivity index (χ4n) is 1.29. The molecule has 1 aromatic rings. The van der Waals surface area contributed by atoms with Crippen molar-refractivity contribution in [2.45, 2.75) is 19.5 Å². The normalized spacial score (nSPS) is 12.8. The first-order valence-corrected chi connectivity index (χ1v) is 5.58. The van der Waals surface area contributed by atoms with Crippen LogP contribution in [-0.4, -0.2) is 19.8 Å². The minimum absolute atomic E-state index is 0.517. The van der Waals surface area contributed by atoms with Gasteiger partial charge in [-0.2, -0.15) is 0 Å². The van der Waals surface area contributed by atoms with Gasteiger partial charge >= 0.3 is 0 Å². The van der Waals surface area contributed by atoms with E-state index in [1.54, 1.807) is 7.11 Å². The van der Waals surface area contributed by atoms with Crippen molar-refractivity contribution in [2.24, 2.45) is 0 Å². The number of halogens is 1. The van der Waals surface area contributed by atoms with Crippen LogP contribution >= 0.6 is 15.9 Å². The zero-order valence-electron chi connectivity index (χ0n) is 8.66. The highest BCUT2D eigenvalue weighted by molar-refractivity contribution is 9.10. The second-order valence-electron chi connectivity index (χ2n) is 3.50. The molecule has 0 aliphatic heterocycles. The van der Waals surface area contributed by atoms with Crippen molar-refractivity contribution < 1.29 is 10.1 Å². The lowest BCUT2D eigenvalue weighted by molar-refractivity contribution is -0.702. The maximum Gasteiger partial charge on any atom is 0.107 e. The Bertz CT molecular complexity index is 260. The van der Waals surface area contributed by atoms with E-state index in [2.05, 4.69) is 52.4 Å². The summed E-state index contributed by atoms with van der Waals surface area (Å²) in [5.41, 5.74) is 1.34. The molecule has 3 heteroatoms. The Morgan fingerprint density at radius 2 is 2.00 bits per heavy atom. The fraction of sp³-hybridized carbons (Fsp3) is 0.455. The largest absolute Gasteiger partial charge is 0.379 e. The van der Waals surface area contributed by atoms with Gasteiger partial charge in [-0.15, -0.1) is 0 Å². The molecule has 0 aliphatic rings. The van der Waals surface area contributed by atoms with Crippen molar-refractivity contribution in [3.63, 3.8) is 0 Å². The second kappa shape index (κ2) is 6.17. The average molecular weight is 259 g/mol. The van der Waals surface area contributed by atoms with Crippen LogP contribution in [0.5, 0.6) is 0 Å². The van der Waals surface area contributed by atoms with Gasteiger partial charge in [0.1, 0.15) is 12.6 Å². The lowest BCUT2D eigenvalue weighted by Gasteiger charge is -2.09. The highest BCUT2D eigenvalue weighted by Gasteiger charge is 2.03. The first-order chi connectivity index (χ1) is 6.72. The lowest BCUT2D eigenvalue weighted by Crippen LogP contribution is -2.88. The van der Waals surface area contributed by atoms with Crippen LogP contribution in [0.4, 0.5) is 0 Å². The maximum atomic E-state index is 5.07. The summed E-state index contributed by atoms with van der Waals surface area (Å²) in [5.74, 6) is 0. The lowest BCUT2D eigenvalue weighted by atomic mass is 10.2. The monoisotopic (exact) mass is 258 g/mol. The molecule has 0 unspecified atom stereocenters. The van der Waals surface area contributed by atoms with Crippen LogP contribution < -0.4 is 5.32 Å². The van der Waals surface area contributed by atoms with Crippen LogP contribution in [0.25, 0.3) is 0 Å². The van der Waals surface area contributed by atoms with Gasteiger partial charge in [-0.1, -0.05) is 28.1 Å². The molecule has 0 aromatic heterocycles. The van der Waals surface area contributed by atoms with Crippen LogP contribution in [0.3, 0.4) is 0 Å². The predicted octanol–water partition coefficient (Wildman–Crippen LogP) is 1.55. The second-order valence-corrected chi connectivity index (χ2v) is 4.41. The molecule has 0 saturated heterocycles. The van der Waals surface area contributed by atoms with Gasteiger partial charge in [0.15, 0.2) is 0 Å². The fourth-order valence-corrected chi connectivity index (χ4v) is 1.55. The number of benzene rings is 1. The third-order valence-electron chi connectivity index (χ3n) is 2.10. The van der Waals surface area contributed by atoms with Crippen molar-refractivity contribution in [3.8, 4) is 0 Å². The summed E-state index contributed by atoms with van der Waals surface area (Å²) >= 11 is 3.42. The molecule has 1 atom stereocenters. The maximum absolute atomic E-state index is 5.07. The van der Waals surface area contributed by atoms with Crippen molar-refractivity contribution in [3.05, 3.63) is 34.3 Å². The molecule has 2 nitrogen and oxygen atoms in total. The van der Waals surface area contributed by atoms with Gasteiger partial charge in [0.2, 0.25) is 0 Å². The number of ether oxygens (including phenoxy) is 1. The van der Waals surface area contributed by atoms with Crippen LogP contribution in [0, 0.1) is 0 Å². The highest BCUT2D eigenvalue weighted by atomic mass is 79.9. The molecular weight excluding hydrogens is 242 g/mol. The number of hydrogen-bond acceptors (Lipinski definition) is 1. The highest BCUT2D eigenvalue weighted by Crippen LogP contribution is 2.09. The van der Waals surface area contributed by atoms with E-state index in [1.807, 2.05) is 0 Å². The van der Waals surface area contributed by atoms with E-state index in [1.165, 1.54) is 5.56 Å². The third kappa shape index (κ3) is 4.22. The third-order valence-corrected chi connectivity index (χ3v) is 2.63. The average Bonchev–Trinajstić information content (AvgIpc) is 2.17. The summed E-state index contributed by atoms with van der Waals surface area (Å²) < 4.78 is 6.20. The van der Waals surface area contributed by atoms with Crippen LogP contribution in [-0.2, 0) is 11.3 Å². The van der Waals surface area contributed by atoms with Crippen molar-refractivity contribution in [2.75, 3.05) is 13.7 Å². The van der Waals surface area contributed by atoms with Gasteiger partial charge in [0.05, 0.1) is 6.61 Å². The Morgan fingerprint density at radius 3 is 2.57 bits per heavy atom. The Labute approximate surface area is 93.8 Å². The number of rotatable bonds is 5. The molecule has 2 N–H and O–H groups in total. The van der Waals surface area contributed by atoms with Crippen LogP contribution in [0.1, 0.15) is 12.5 Å². The van der Waals surface area contributed by atoms with Gasteiger partial charge in [0.25, 0.3) is 0 Å². The Morgan fingerprint density at radius 1 is 1.36 bits per heavy atom. The molecule has 1 aromatic carbocycles. The van der Waals surface area contributed by atoms with E-state index in [0.29, 0.717) is 6.04 Å². The van der Waals surface area contributed by atoms with Gasteiger partial charge < -0.3 is 10.1 Å². The minimum atomic E-state index is 0.517. The van der Waals surface area contributed by atoms with Gasteiger partial charge in [0, 0.05) is 17.1 Å². The SMILES string of the molecule is COC[C@H](C)[NH2+]Cc1ccc(Br)cc1. The minimum Gasteiger partial charge on any atom is -0.379 e. The number of methoxy groups -OCH3 is 1. The van der Waals surface area contributed by atoms with Crippen molar-refractivity contribution >= 4 is 15.9 Å². The topological polar surface area (TPSA) is 25.8 Å². The molecule has 0 aliphatic carbocycles. The summed E-state index contributed by atoms with van der Waals surface area (Å²) in [6.45, 7) is 3.98. The number of nitrogens with two attached hydrogens (primary N) is 1. The van der Waals surface area contributed by atoms with E-state index in [4.69, 9.17) is 4.74 Å². The summed E-state index contributed by atoms with van der Waals surface area (Å²) in [5, 5.41) is 2.28. The van der Waals surface area contributed by atoms with E-state index in [0.717, 1.165) is 17.6 Å². The molecule has 0 heterocycles. The zero-order valence-corrected chi connectivity index (χ0v) is 10.3. The number of hydrogen-bond donors (Lipinski definition) is 1. The summed E-state index contributed by atoms with van der Waals surface area (Å²) in [6.07, 6.45) is 0. The first-order valence-electron chi connectivity index (χ1n) is 4.79. The molecule has 0 saturated carbocycles. The van der Waals surface area contributed by atoms with Gasteiger partial charge in [-0.05, 0) is 19.1 Å². The molecule has 78 valence electrons. The smallest absolute Gasteiger partial charge is 0.107 e. The molecule has 1 rings (SSSR count). The first kappa shape index (κ1) is 11.7. The predicted molar refractivity (Wildman–Crippen MR) is 61.1 cm³/mol. The van der Waals surface area contributed by atoms with Gasteiger partial charge in [-0.25, -0.2) is 0 Å². The molecule has 0 bridgehead atoms. The quantitative estimate of drug-likeness (QED) is 0.853.